The average Bonchev–Trinajstić information content (AvgIpc) is 3.36. The first-order chi connectivity index (χ1) is 14.8. The van der Waals surface area contributed by atoms with E-state index in [1.165, 1.54) is 49.6 Å². The number of aromatic nitrogens is 1. The zero-order valence-electron chi connectivity index (χ0n) is 16.7. The van der Waals surface area contributed by atoms with Crippen molar-refractivity contribution in [3.05, 3.63) is 46.8 Å². The molecule has 0 saturated heterocycles. The van der Waals surface area contributed by atoms with E-state index in [-0.39, 0.29) is 34.4 Å². The monoisotopic (exact) mass is 462 g/mol. The third-order valence-electron chi connectivity index (χ3n) is 4.71. The van der Waals surface area contributed by atoms with Gasteiger partial charge in [-0.15, -0.1) is 0 Å². The molecule has 11 heteroatoms. The van der Waals surface area contributed by atoms with Crippen LogP contribution in [0.25, 0.3) is 10.2 Å². The van der Waals surface area contributed by atoms with Gasteiger partial charge in [0.05, 0.1) is 28.0 Å². The summed E-state index contributed by atoms with van der Waals surface area (Å²) < 4.78 is 42.1. The lowest BCUT2D eigenvalue weighted by atomic mass is 10.2. The van der Waals surface area contributed by atoms with Crippen molar-refractivity contribution in [2.24, 2.45) is 4.99 Å². The summed E-state index contributed by atoms with van der Waals surface area (Å²) in [6.07, 6.45) is 0. The van der Waals surface area contributed by atoms with E-state index in [1.54, 1.807) is 16.7 Å². The highest BCUT2D eigenvalue weighted by Gasteiger charge is 2.20. The fourth-order valence-electron chi connectivity index (χ4n) is 3.03. The average molecular weight is 463 g/mol. The first kappa shape index (κ1) is 21.1. The van der Waals surface area contributed by atoms with Crippen LogP contribution < -0.4 is 14.3 Å². The minimum atomic E-state index is -3.47. The number of hydrogen-bond donors (Lipinski definition) is 0. The predicted octanol–water partition coefficient (Wildman–Crippen LogP) is 2.14. The highest BCUT2D eigenvalue weighted by molar-refractivity contribution is 7.91. The first-order valence-electron chi connectivity index (χ1n) is 9.24. The molecule has 0 radical (unpaired) electrons. The highest BCUT2D eigenvalue weighted by atomic mass is 32.2. The molecule has 1 aliphatic heterocycles. The number of carbonyl (C=O) groups is 2. The Kier molecular flexibility index (Phi) is 5.54. The SMILES string of the molecule is CCS(=O)(=O)c1cccc(C(=O)N=c2sc3cc4c(cc3n2CC(=O)OC)OCO4)c1. The molecule has 2 aromatic carbocycles. The molecule has 0 aliphatic carbocycles. The summed E-state index contributed by atoms with van der Waals surface area (Å²) in [5.74, 6) is -0.124. The summed E-state index contributed by atoms with van der Waals surface area (Å²) in [5.41, 5.74) is 0.763. The van der Waals surface area contributed by atoms with E-state index < -0.39 is 21.7 Å². The molecule has 0 N–H and O–H groups in total. The topological polar surface area (TPSA) is 113 Å². The van der Waals surface area contributed by atoms with Crippen LogP contribution in [0, 0.1) is 0 Å². The molecule has 0 saturated carbocycles. The minimum absolute atomic E-state index is 0.0561. The van der Waals surface area contributed by atoms with Crippen LogP contribution in [0.1, 0.15) is 17.3 Å². The molecule has 2 heterocycles. The number of carbonyl (C=O) groups excluding carboxylic acids is 2. The van der Waals surface area contributed by atoms with Crippen LogP contribution in [0.15, 0.2) is 46.3 Å². The van der Waals surface area contributed by atoms with Gasteiger partial charge in [-0.05, 0) is 18.2 Å². The van der Waals surface area contributed by atoms with Crippen LogP contribution in [-0.2, 0) is 25.9 Å². The number of sulfone groups is 1. The molecule has 0 fully saturated rings. The van der Waals surface area contributed by atoms with Crippen molar-refractivity contribution in [2.75, 3.05) is 19.7 Å². The van der Waals surface area contributed by atoms with Crippen molar-refractivity contribution in [1.82, 2.24) is 4.57 Å². The Labute approximate surface area is 181 Å². The van der Waals surface area contributed by atoms with Crippen molar-refractivity contribution in [2.45, 2.75) is 18.4 Å². The molecule has 3 aromatic rings. The summed E-state index contributed by atoms with van der Waals surface area (Å²) in [5, 5.41) is 0. The van der Waals surface area contributed by atoms with Crippen LogP contribution in [0.5, 0.6) is 11.5 Å². The van der Waals surface area contributed by atoms with Gasteiger partial charge >= 0.3 is 5.97 Å². The standard InChI is InChI=1S/C20H18N2O7S2/c1-3-31(25,26)13-6-4-5-12(7-13)19(24)21-20-22(10-18(23)27-2)14-8-15-16(29-11-28-15)9-17(14)30-20/h4-9H,3,10-11H2,1-2H3. The Hall–Kier alpha value is -3.18. The molecule has 1 aliphatic rings. The summed E-state index contributed by atoms with van der Waals surface area (Å²) >= 11 is 1.19. The van der Waals surface area contributed by atoms with Gasteiger partial charge in [0.15, 0.2) is 26.1 Å². The van der Waals surface area contributed by atoms with Crippen molar-refractivity contribution < 1.29 is 32.2 Å². The minimum Gasteiger partial charge on any atom is -0.468 e. The lowest BCUT2D eigenvalue weighted by molar-refractivity contribution is -0.141. The van der Waals surface area contributed by atoms with Crippen LogP contribution in [0.2, 0.25) is 0 Å². The van der Waals surface area contributed by atoms with E-state index in [0.29, 0.717) is 17.0 Å². The quantitative estimate of drug-likeness (QED) is 0.534. The van der Waals surface area contributed by atoms with E-state index in [0.717, 1.165) is 4.70 Å². The fourth-order valence-corrected chi connectivity index (χ4v) is 5.00. The molecular weight excluding hydrogens is 444 g/mol. The molecule has 1 amide bonds. The smallest absolute Gasteiger partial charge is 0.325 e. The maximum atomic E-state index is 12.8. The number of nitrogens with zero attached hydrogens (tertiary/aromatic N) is 2. The molecule has 162 valence electrons. The third-order valence-corrected chi connectivity index (χ3v) is 7.48. The van der Waals surface area contributed by atoms with E-state index >= 15 is 0 Å². The van der Waals surface area contributed by atoms with Crippen molar-refractivity contribution >= 4 is 43.3 Å². The molecule has 31 heavy (non-hydrogen) atoms. The summed E-state index contributed by atoms with van der Waals surface area (Å²) in [7, 11) is -2.19. The first-order valence-corrected chi connectivity index (χ1v) is 11.7. The van der Waals surface area contributed by atoms with E-state index in [2.05, 4.69) is 4.99 Å². The Morgan fingerprint density at radius 1 is 1.19 bits per heavy atom. The van der Waals surface area contributed by atoms with Crippen LogP contribution >= 0.6 is 11.3 Å². The van der Waals surface area contributed by atoms with Crippen LogP contribution in [0.3, 0.4) is 0 Å². The highest BCUT2D eigenvalue weighted by Crippen LogP contribution is 2.37. The second kappa shape index (κ2) is 8.16. The van der Waals surface area contributed by atoms with E-state index in [9.17, 15) is 18.0 Å². The van der Waals surface area contributed by atoms with Crippen molar-refractivity contribution in [3.8, 4) is 11.5 Å². The summed E-state index contributed by atoms with van der Waals surface area (Å²) in [4.78, 5) is 29.3. The zero-order valence-corrected chi connectivity index (χ0v) is 18.3. The number of methoxy groups -OCH3 is 1. The van der Waals surface area contributed by atoms with E-state index in [1.807, 2.05) is 0 Å². The summed E-state index contributed by atoms with van der Waals surface area (Å²) in [6, 6.07) is 9.21. The van der Waals surface area contributed by atoms with Crippen LogP contribution in [0.4, 0.5) is 0 Å². The summed E-state index contributed by atoms with van der Waals surface area (Å²) in [6.45, 7) is 1.48. The number of ether oxygens (including phenoxy) is 3. The normalized spacial score (nSPS) is 13.5. The molecule has 0 atom stereocenters. The third kappa shape index (κ3) is 4.06. The lowest BCUT2D eigenvalue weighted by Crippen LogP contribution is -2.22. The molecule has 9 nitrogen and oxygen atoms in total. The van der Waals surface area contributed by atoms with Crippen LogP contribution in [-0.4, -0.2) is 44.5 Å². The molecule has 1 aromatic heterocycles. The second-order valence-corrected chi connectivity index (χ2v) is 9.86. The van der Waals surface area contributed by atoms with Gasteiger partial charge in [-0.3, -0.25) is 9.59 Å². The van der Waals surface area contributed by atoms with Crippen molar-refractivity contribution in [3.63, 3.8) is 0 Å². The molecular formula is C20H18N2O7S2. The number of esters is 1. The van der Waals surface area contributed by atoms with E-state index in [4.69, 9.17) is 14.2 Å². The predicted molar refractivity (Wildman–Crippen MR) is 112 cm³/mol. The second-order valence-electron chi connectivity index (χ2n) is 6.57. The van der Waals surface area contributed by atoms with Gasteiger partial charge in [0, 0.05) is 17.7 Å². The number of benzene rings is 2. The number of fused-ring (bicyclic) bond motifs is 2. The molecule has 4 rings (SSSR count). The molecule has 0 bridgehead atoms. The lowest BCUT2D eigenvalue weighted by Gasteiger charge is -2.05. The Balaban J connectivity index is 1.83. The number of thiazole rings is 1. The molecule has 0 unspecified atom stereocenters. The Morgan fingerprint density at radius 2 is 1.94 bits per heavy atom. The maximum absolute atomic E-state index is 12.8. The van der Waals surface area contributed by atoms with Gasteiger partial charge in [0.1, 0.15) is 6.54 Å². The van der Waals surface area contributed by atoms with Gasteiger partial charge in [0.2, 0.25) is 6.79 Å². The maximum Gasteiger partial charge on any atom is 0.325 e. The number of amides is 1. The Bertz CT molecular complexity index is 1370. The molecule has 0 spiro atoms. The zero-order chi connectivity index (χ0) is 22.2. The van der Waals surface area contributed by atoms with Gasteiger partial charge in [-0.25, -0.2) is 8.42 Å². The van der Waals surface area contributed by atoms with Crippen molar-refractivity contribution in [1.29, 1.82) is 0 Å². The van der Waals surface area contributed by atoms with Gasteiger partial charge in [-0.1, -0.05) is 24.3 Å². The number of rotatable bonds is 5. The Morgan fingerprint density at radius 3 is 2.65 bits per heavy atom. The van der Waals surface area contributed by atoms with Gasteiger partial charge in [-0.2, -0.15) is 4.99 Å². The fraction of sp³-hybridized carbons (Fsp3) is 0.250. The largest absolute Gasteiger partial charge is 0.468 e. The number of hydrogen-bond acceptors (Lipinski definition) is 8. The van der Waals surface area contributed by atoms with Gasteiger partial charge in [0.25, 0.3) is 5.91 Å². The van der Waals surface area contributed by atoms with Gasteiger partial charge < -0.3 is 18.8 Å².